The number of rotatable bonds is 20. The monoisotopic (exact) mass is 399 g/mol. The van der Waals surface area contributed by atoms with Crippen molar-refractivity contribution in [2.45, 2.75) is 149 Å². The maximum absolute atomic E-state index is 2.67. The van der Waals surface area contributed by atoms with Gasteiger partial charge in [0.2, 0.25) is 0 Å². The minimum absolute atomic E-state index is 0.619. The Balaban J connectivity index is 4.53. The molecule has 0 aliphatic heterocycles. The number of hydrogen-bond donors (Lipinski definition) is 0. The summed E-state index contributed by atoms with van der Waals surface area (Å²) < 4.78 is 0. The molecule has 0 unspecified atom stereocenters. The van der Waals surface area contributed by atoms with Crippen LogP contribution >= 0.6 is 7.26 Å². The highest BCUT2D eigenvalue weighted by Gasteiger charge is 2.49. The fourth-order valence-electron chi connectivity index (χ4n) is 4.73. The fourth-order valence-corrected chi connectivity index (χ4v) is 10.6. The Kier molecular flexibility index (Phi) is 17.6. The first-order chi connectivity index (χ1) is 13.0. The first-order valence-corrected chi connectivity index (χ1v) is 15.2. The summed E-state index contributed by atoms with van der Waals surface area (Å²) in [5.41, 5.74) is 0. The van der Waals surface area contributed by atoms with Crippen LogP contribution < -0.4 is 0 Å². The van der Waals surface area contributed by atoms with Gasteiger partial charge in [-0.05, 0) is 46.0 Å². The van der Waals surface area contributed by atoms with Crippen molar-refractivity contribution in [1.29, 1.82) is 0 Å². The molecule has 0 aromatic heterocycles. The van der Waals surface area contributed by atoms with E-state index >= 15 is 0 Å². The molecule has 0 nitrogen and oxygen atoms in total. The van der Waals surface area contributed by atoms with Gasteiger partial charge in [-0.15, -0.1) is 0 Å². The van der Waals surface area contributed by atoms with Gasteiger partial charge in [0.25, 0.3) is 0 Å². The molecule has 0 heterocycles. The lowest BCUT2D eigenvalue weighted by Gasteiger charge is -2.42. The van der Waals surface area contributed by atoms with E-state index in [1.807, 2.05) is 0 Å². The van der Waals surface area contributed by atoms with E-state index in [0.29, 0.717) is 5.16 Å². The van der Waals surface area contributed by atoms with Crippen LogP contribution in [0.15, 0.2) is 0 Å². The van der Waals surface area contributed by atoms with Crippen LogP contribution in [0, 0.1) is 0 Å². The zero-order valence-electron chi connectivity index (χ0n) is 20.4. The fraction of sp³-hybridized carbons (Fsp3) is 1.00. The van der Waals surface area contributed by atoms with E-state index in [-0.39, 0.29) is 0 Å². The Morgan fingerprint density at radius 1 is 0.444 bits per heavy atom. The van der Waals surface area contributed by atoms with Crippen molar-refractivity contribution in [1.82, 2.24) is 0 Å². The molecule has 0 aromatic carbocycles. The molecular weight excluding hydrogens is 343 g/mol. The van der Waals surface area contributed by atoms with Crippen molar-refractivity contribution in [2.75, 3.05) is 18.5 Å². The topological polar surface area (TPSA) is 0 Å². The molecule has 0 aliphatic rings. The Bertz CT molecular complexity index is 286. The molecule has 0 N–H and O–H groups in total. The van der Waals surface area contributed by atoms with E-state index in [1.165, 1.54) is 103 Å². The van der Waals surface area contributed by atoms with E-state index in [2.05, 4.69) is 41.5 Å². The van der Waals surface area contributed by atoms with Crippen LogP contribution in [-0.2, 0) is 0 Å². The molecule has 0 spiro atoms. The lowest BCUT2D eigenvalue weighted by molar-refractivity contribution is 0.519. The average molecular weight is 400 g/mol. The summed E-state index contributed by atoms with van der Waals surface area (Å²) in [5.74, 6) is 0. The zero-order chi connectivity index (χ0) is 20.4. The minimum atomic E-state index is -0.823. The van der Waals surface area contributed by atoms with E-state index in [0.717, 1.165) is 0 Å². The molecule has 0 fully saturated rings. The standard InChI is InChI=1S/C26H56P/c1-7-11-15-16-17-18-19-20-21-22-26(5,6)27(23-12-8-2,24-13-9-3)25-14-10-4/h7-25H2,1-6H3/q+1. The Morgan fingerprint density at radius 2 is 0.778 bits per heavy atom. The maximum atomic E-state index is 2.67. The Labute approximate surface area is 175 Å². The summed E-state index contributed by atoms with van der Waals surface area (Å²) in [7, 11) is -0.823. The molecule has 0 amide bonds. The van der Waals surface area contributed by atoms with Crippen LogP contribution in [0.1, 0.15) is 144 Å². The average Bonchev–Trinajstić information content (AvgIpc) is 2.66. The predicted octanol–water partition coefficient (Wildman–Crippen LogP) is 10.1. The van der Waals surface area contributed by atoms with Gasteiger partial charge >= 0.3 is 0 Å². The van der Waals surface area contributed by atoms with E-state index in [4.69, 9.17) is 0 Å². The lowest BCUT2D eigenvalue weighted by Crippen LogP contribution is -2.31. The van der Waals surface area contributed by atoms with Gasteiger partial charge in [-0.2, -0.15) is 0 Å². The molecule has 0 atom stereocenters. The number of hydrogen-bond acceptors (Lipinski definition) is 0. The van der Waals surface area contributed by atoms with Crippen molar-refractivity contribution in [3.63, 3.8) is 0 Å². The van der Waals surface area contributed by atoms with Crippen molar-refractivity contribution in [3.8, 4) is 0 Å². The van der Waals surface area contributed by atoms with Crippen LogP contribution in [0.2, 0.25) is 0 Å². The van der Waals surface area contributed by atoms with Crippen LogP contribution in [-0.4, -0.2) is 23.6 Å². The predicted molar refractivity (Wildman–Crippen MR) is 132 cm³/mol. The van der Waals surface area contributed by atoms with Gasteiger partial charge in [-0.25, -0.2) is 0 Å². The molecule has 0 bridgehead atoms. The maximum Gasteiger partial charge on any atom is 0.0743 e. The summed E-state index contributed by atoms with van der Waals surface area (Å²) in [4.78, 5) is 0. The molecule has 27 heavy (non-hydrogen) atoms. The Morgan fingerprint density at radius 3 is 1.15 bits per heavy atom. The van der Waals surface area contributed by atoms with Crippen molar-refractivity contribution in [3.05, 3.63) is 0 Å². The van der Waals surface area contributed by atoms with Crippen LogP contribution in [0.25, 0.3) is 0 Å². The Hall–Kier alpha value is 0.430. The molecule has 0 aliphatic carbocycles. The molecular formula is C26H56P+. The summed E-state index contributed by atoms with van der Waals surface area (Å²) >= 11 is 0. The van der Waals surface area contributed by atoms with Crippen LogP contribution in [0.5, 0.6) is 0 Å². The van der Waals surface area contributed by atoms with Crippen molar-refractivity contribution in [2.24, 2.45) is 0 Å². The summed E-state index contributed by atoms with van der Waals surface area (Å²) in [6.07, 6.45) is 27.9. The van der Waals surface area contributed by atoms with Gasteiger partial charge in [0.1, 0.15) is 0 Å². The highest BCUT2D eigenvalue weighted by atomic mass is 31.2. The highest BCUT2D eigenvalue weighted by Crippen LogP contribution is 2.71. The molecule has 164 valence electrons. The molecule has 0 aromatic rings. The summed E-state index contributed by atoms with van der Waals surface area (Å²) in [6, 6.07) is 0. The van der Waals surface area contributed by atoms with Crippen molar-refractivity contribution < 1.29 is 0 Å². The van der Waals surface area contributed by atoms with Gasteiger partial charge in [0.05, 0.1) is 23.6 Å². The normalized spacial score (nSPS) is 12.7. The van der Waals surface area contributed by atoms with Gasteiger partial charge in [-0.1, -0.05) is 98.3 Å². The molecule has 0 rings (SSSR count). The summed E-state index contributed by atoms with van der Waals surface area (Å²) in [5, 5.41) is 0.619. The first-order valence-electron chi connectivity index (χ1n) is 12.9. The zero-order valence-corrected chi connectivity index (χ0v) is 21.3. The van der Waals surface area contributed by atoms with Gasteiger partial charge in [-0.3, -0.25) is 0 Å². The SMILES string of the molecule is CCCCCCCCCCCC(C)(C)[P+](CCCC)(CCCC)CCCC. The molecule has 0 radical (unpaired) electrons. The van der Waals surface area contributed by atoms with E-state index in [9.17, 15) is 0 Å². The molecule has 1 heteroatoms. The van der Waals surface area contributed by atoms with Gasteiger partial charge in [0, 0.05) is 7.26 Å². The number of unbranched alkanes of at least 4 members (excludes halogenated alkanes) is 11. The smallest absolute Gasteiger partial charge is 0.0654 e. The third-order valence-corrected chi connectivity index (χ3v) is 13.3. The van der Waals surface area contributed by atoms with Crippen LogP contribution in [0.4, 0.5) is 0 Å². The van der Waals surface area contributed by atoms with Gasteiger partial charge < -0.3 is 0 Å². The van der Waals surface area contributed by atoms with Crippen molar-refractivity contribution >= 4 is 7.26 Å². The third-order valence-electron chi connectivity index (χ3n) is 7.00. The first kappa shape index (κ1) is 27.4. The second-order valence-electron chi connectivity index (χ2n) is 9.77. The van der Waals surface area contributed by atoms with Crippen LogP contribution in [0.3, 0.4) is 0 Å². The second kappa shape index (κ2) is 17.3. The highest BCUT2D eigenvalue weighted by molar-refractivity contribution is 7.77. The third kappa shape index (κ3) is 11.9. The molecule has 0 saturated carbocycles. The second-order valence-corrected chi connectivity index (χ2v) is 14.6. The largest absolute Gasteiger partial charge is 0.0743 e. The molecule has 0 saturated heterocycles. The lowest BCUT2D eigenvalue weighted by atomic mass is 10.0. The quantitative estimate of drug-likeness (QED) is 0.141. The van der Waals surface area contributed by atoms with Gasteiger partial charge in [0.15, 0.2) is 0 Å². The van der Waals surface area contributed by atoms with E-state index < -0.39 is 7.26 Å². The van der Waals surface area contributed by atoms with E-state index in [1.54, 1.807) is 18.5 Å². The summed E-state index contributed by atoms with van der Waals surface area (Å²) in [6.45, 7) is 14.8. The minimum Gasteiger partial charge on any atom is -0.0654 e.